The van der Waals surface area contributed by atoms with Crippen molar-refractivity contribution >= 4 is 5.91 Å². The smallest absolute Gasteiger partial charge is 0.382 e. The number of aliphatic hydroxyl groups excluding tert-OH is 1. The van der Waals surface area contributed by atoms with Gasteiger partial charge in [0.25, 0.3) is 0 Å². The molecule has 0 saturated carbocycles. The Hall–Kier alpha value is -0.820. The van der Waals surface area contributed by atoms with Crippen molar-refractivity contribution in [3.63, 3.8) is 0 Å². The van der Waals surface area contributed by atoms with Crippen LogP contribution in [-0.4, -0.2) is 42.9 Å². The summed E-state index contributed by atoms with van der Waals surface area (Å²) in [5.41, 5.74) is 0. The summed E-state index contributed by atoms with van der Waals surface area (Å²) in [6.07, 6.45) is -7.21. The van der Waals surface area contributed by atoms with Gasteiger partial charge in [-0.2, -0.15) is 13.2 Å². The van der Waals surface area contributed by atoms with Crippen molar-refractivity contribution in [2.24, 2.45) is 5.92 Å². The highest BCUT2D eigenvalue weighted by atomic mass is 19.4. The number of hydrogen-bond donors (Lipinski definition) is 3. The number of aliphatic hydroxyl groups is 1. The molecule has 0 aliphatic rings. The molecule has 0 fully saturated rings. The van der Waals surface area contributed by atoms with Gasteiger partial charge in [-0.1, -0.05) is 13.8 Å². The molecule has 0 aliphatic carbocycles. The minimum Gasteiger partial charge on any atom is -0.382 e. The first-order chi connectivity index (χ1) is 7.29. The fraction of sp³-hybridized carbons (Fsp3) is 0.889. The second kappa shape index (κ2) is 6.70. The van der Waals surface area contributed by atoms with E-state index >= 15 is 0 Å². The minimum absolute atomic E-state index is 0.393. The number of hydrogen-bond acceptors (Lipinski definition) is 3. The predicted octanol–water partition coefficient (Wildman–Crippen LogP) is 0.271. The fourth-order valence-corrected chi connectivity index (χ4v) is 0.941. The van der Waals surface area contributed by atoms with Gasteiger partial charge in [0, 0.05) is 12.5 Å². The average Bonchev–Trinajstić information content (AvgIpc) is 2.20. The van der Waals surface area contributed by atoms with Crippen molar-refractivity contribution in [1.82, 2.24) is 10.6 Å². The Bertz CT molecular complexity index is 221. The van der Waals surface area contributed by atoms with Gasteiger partial charge in [-0.25, -0.2) is 0 Å². The molecule has 3 N–H and O–H groups in total. The first-order valence-electron chi connectivity index (χ1n) is 5.02. The summed E-state index contributed by atoms with van der Waals surface area (Å²) >= 11 is 0. The zero-order valence-corrected chi connectivity index (χ0v) is 9.27. The Morgan fingerprint density at radius 3 is 2.38 bits per heavy atom. The minimum atomic E-state index is -4.70. The third-order valence-corrected chi connectivity index (χ3v) is 2.00. The quantitative estimate of drug-likeness (QED) is 0.626. The van der Waals surface area contributed by atoms with Crippen LogP contribution in [-0.2, 0) is 4.79 Å². The van der Waals surface area contributed by atoms with Gasteiger partial charge in [-0.3, -0.25) is 4.79 Å². The lowest BCUT2D eigenvalue weighted by molar-refractivity contribution is -0.201. The Morgan fingerprint density at radius 1 is 1.38 bits per heavy atom. The number of alkyl halides is 3. The zero-order chi connectivity index (χ0) is 12.8. The van der Waals surface area contributed by atoms with Crippen LogP contribution in [0.2, 0.25) is 0 Å². The number of amides is 1. The van der Waals surface area contributed by atoms with Crippen molar-refractivity contribution in [2.45, 2.75) is 26.1 Å². The summed E-state index contributed by atoms with van der Waals surface area (Å²) in [6.45, 7) is 3.72. The number of carbonyl (C=O) groups is 1. The Kier molecular flexibility index (Phi) is 6.35. The van der Waals surface area contributed by atoms with E-state index in [-0.39, 0.29) is 0 Å². The maximum absolute atomic E-state index is 11.9. The average molecular weight is 242 g/mol. The van der Waals surface area contributed by atoms with E-state index in [0.717, 1.165) is 0 Å². The van der Waals surface area contributed by atoms with E-state index in [1.807, 2.05) is 12.2 Å². The van der Waals surface area contributed by atoms with Crippen molar-refractivity contribution < 1.29 is 23.1 Å². The molecule has 0 radical (unpaired) electrons. The molecule has 0 aromatic rings. The molecule has 7 heteroatoms. The molecular formula is C9H17F3N2O2. The molecule has 2 unspecified atom stereocenters. The monoisotopic (exact) mass is 242 g/mol. The summed E-state index contributed by atoms with van der Waals surface area (Å²) in [7, 11) is 0. The van der Waals surface area contributed by atoms with Crippen molar-refractivity contribution in [3.8, 4) is 0 Å². The number of halogens is 3. The molecule has 0 bridgehead atoms. The van der Waals surface area contributed by atoms with Crippen LogP contribution in [0.25, 0.3) is 0 Å². The number of carbonyl (C=O) groups excluding carboxylic acids is 1. The molecule has 0 saturated heterocycles. The van der Waals surface area contributed by atoms with Crippen LogP contribution in [0.15, 0.2) is 0 Å². The summed E-state index contributed by atoms with van der Waals surface area (Å²) < 4.78 is 35.7. The Balaban J connectivity index is 3.89. The highest BCUT2D eigenvalue weighted by Crippen LogP contribution is 2.19. The highest BCUT2D eigenvalue weighted by Gasteiger charge is 2.38. The van der Waals surface area contributed by atoms with Gasteiger partial charge in [0.15, 0.2) is 6.10 Å². The molecule has 16 heavy (non-hydrogen) atoms. The molecule has 0 aromatic carbocycles. The van der Waals surface area contributed by atoms with Gasteiger partial charge in [0.1, 0.15) is 0 Å². The molecule has 0 spiro atoms. The van der Waals surface area contributed by atoms with Gasteiger partial charge < -0.3 is 15.7 Å². The van der Waals surface area contributed by atoms with E-state index in [1.165, 1.54) is 0 Å². The molecule has 4 nitrogen and oxygen atoms in total. The van der Waals surface area contributed by atoms with Crippen LogP contribution in [0, 0.1) is 5.92 Å². The molecule has 1 amide bonds. The van der Waals surface area contributed by atoms with Gasteiger partial charge >= 0.3 is 6.18 Å². The molecule has 96 valence electrons. The summed E-state index contributed by atoms with van der Waals surface area (Å²) in [4.78, 5) is 11.3. The number of rotatable bonds is 6. The number of nitrogens with one attached hydrogen (secondary N) is 2. The Morgan fingerprint density at radius 2 is 1.94 bits per heavy atom. The maximum Gasteiger partial charge on any atom is 0.416 e. The van der Waals surface area contributed by atoms with E-state index in [0.29, 0.717) is 13.1 Å². The van der Waals surface area contributed by atoms with Crippen molar-refractivity contribution in [1.29, 1.82) is 0 Å². The van der Waals surface area contributed by atoms with E-state index in [9.17, 15) is 18.0 Å². The van der Waals surface area contributed by atoms with E-state index in [1.54, 1.807) is 6.92 Å². The zero-order valence-electron chi connectivity index (χ0n) is 9.27. The van der Waals surface area contributed by atoms with Crippen LogP contribution in [0.4, 0.5) is 13.2 Å². The van der Waals surface area contributed by atoms with Crippen molar-refractivity contribution in [3.05, 3.63) is 0 Å². The fourth-order valence-electron chi connectivity index (χ4n) is 0.941. The van der Waals surface area contributed by atoms with Crippen LogP contribution in [0.3, 0.4) is 0 Å². The second-order valence-electron chi connectivity index (χ2n) is 3.51. The molecule has 0 aromatic heterocycles. The van der Waals surface area contributed by atoms with Crippen LogP contribution >= 0.6 is 0 Å². The summed E-state index contributed by atoms with van der Waals surface area (Å²) in [5, 5.41) is 13.6. The molecule has 0 aliphatic heterocycles. The lowest BCUT2D eigenvalue weighted by atomic mass is 10.1. The molecular weight excluding hydrogens is 225 g/mol. The summed E-state index contributed by atoms with van der Waals surface area (Å²) in [5.74, 6) is -0.940. The van der Waals surface area contributed by atoms with Gasteiger partial charge in [0.2, 0.25) is 5.91 Å². The van der Waals surface area contributed by atoms with Crippen LogP contribution < -0.4 is 10.6 Å². The predicted molar refractivity (Wildman–Crippen MR) is 52.8 cm³/mol. The largest absolute Gasteiger partial charge is 0.416 e. The normalized spacial score (nSPS) is 15.6. The summed E-state index contributed by atoms with van der Waals surface area (Å²) in [6, 6.07) is 0. The third kappa shape index (κ3) is 5.92. The highest BCUT2D eigenvalue weighted by molar-refractivity contribution is 5.78. The van der Waals surface area contributed by atoms with Gasteiger partial charge in [-0.15, -0.1) is 0 Å². The van der Waals surface area contributed by atoms with Gasteiger partial charge in [-0.05, 0) is 6.54 Å². The SMILES string of the molecule is CCNCC(C)C(=O)NCC(O)C(F)(F)F. The van der Waals surface area contributed by atoms with Crippen LogP contribution in [0.5, 0.6) is 0 Å². The molecule has 0 rings (SSSR count). The molecule has 2 atom stereocenters. The van der Waals surface area contributed by atoms with Crippen molar-refractivity contribution in [2.75, 3.05) is 19.6 Å². The third-order valence-electron chi connectivity index (χ3n) is 2.00. The molecule has 0 heterocycles. The maximum atomic E-state index is 11.9. The van der Waals surface area contributed by atoms with Gasteiger partial charge in [0.05, 0.1) is 6.54 Å². The second-order valence-corrected chi connectivity index (χ2v) is 3.51. The lowest BCUT2D eigenvalue weighted by Crippen LogP contribution is -2.43. The first kappa shape index (κ1) is 15.2. The van der Waals surface area contributed by atoms with E-state index < -0.39 is 30.7 Å². The van der Waals surface area contributed by atoms with E-state index in [2.05, 4.69) is 5.32 Å². The lowest BCUT2D eigenvalue weighted by Gasteiger charge is -2.17. The standard InChI is InChI=1S/C9H17F3N2O2/c1-3-13-4-6(2)8(16)14-5-7(15)9(10,11)12/h6-7,13,15H,3-5H2,1-2H3,(H,14,16). The van der Waals surface area contributed by atoms with E-state index in [4.69, 9.17) is 5.11 Å². The van der Waals surface area contributed by atoms with Crippen LogP contribution in [0.1, 0.15) is 13.8 Å². The first-order valence-corrected chi connectivity index (χ1v) is 5.02. The topological polar surface area (TPSA) is 61.4 Å². The Labute approximate surface area is 92.2 Å².